The summed E-state index contributed by atoms with van der Waals surface area (Å²) in [7, 11) is 0. The minimum absolute atomic E-state index is 0.395. The van der Waals surface area contributed by atoms with E-state index in [0.29, 0.717) is 17.3 Å². The van der Waals surface area contributed by atoms with E-state index in [1.807, 2.05) is 34.6 Å². The van der Waals surface area contributed by atoms with Crippen molar-refractivity contribution in [1.29, 1.82) is 0 Å². The zero-order valence-corrected chi connectivity index (χ0v) is 13.3. The van der Waals surface area contributed by atoms with Gasteiger partial charge in [0.25, 0.3) is 0 Å². The zero-order chi connectivity index (χ0) is 15.5. The molecule has 1 aromatic carbocycles. The molecule has 0 aliphatic heterocycles. The van der Waals surface area contributed by atoms with Crippen LogP contribution in [0, 0.1) is 6.92 Å². The second kappa shape index (κ2) is 6.27. The Morgan fingerprint density at radius 2 is 1.90 bits per heavy atom. The molecule has 0 atom stereocenters. The number of aryl methyl sites for hydroxylation is 1. The molecular formula is C15H21ClN2O2. The van der Waals surface area contributed by atoms with Crippen LogP contribution in [-0.2, 0) is 9.59 Å². The van der Waals surface area contributed by atoms with Crippen molar-refractivity contribution in [2.45, 2.75) is 40.2 Å². The Morgan fingerprint density at radius 3 is 2.35 bits per heavy atom. The molecule has 2 amide bonds. The highest BCUT2D eigenvalue weighted by atomic mass is 35.5. The van der Waals surface area contributed by atoms with E-state index in [9.17, 15) is 9.59 Å². The number of likely N-dealkylation sites (N-methyl/N-ethyl adjacent to an activating group) is 1. The van der Waals surface area contributed by atoms with Crippen molar-refractivity contribution in [3.8, 4) is 0 Å². The molecule has 0 aliphatic carbocycles. The molecule has 0 aromatic heterocycles. The summed E-state index contributed by atoms with van der Waals surface area (Å²) in [5, 5.41) is 3.14. The molecule has 0 radical (unpaired) electrons. The number of carbonyl (C=O) groups excluding carboxylic acids is 2. The Kier molecular flexibility index (Phi) is 5.17. The molecule has 110 valence electrons. The van der Waals surface area contributed by atoms with Crippen molar-refractivity contribution in [1.82, 2.24) is 4.90 Å². The third-order valence-corrected chi connectivity index (χ3v) is 3.40. The standard InChI is InChI=1S/C15H21ClN2O2/c1-6-18(15(3,4)5)14(20)13(19)17-11-8-7-10(2)12(16)9-11/h7-9H,6H2,1-5H3,(H,17,19). The number of halogens is 1. The minimum Gasteiger partial charge on any atom is -0.330 e. The summed E-state index contributed by atoms with van der Waals surface area (Å²) >= 11 is 5.99. The smallest absolute Gasteiger partial charge is 0.313 e. The Bertz CT molecular complexity index is 521. The summed E-state index contributed by atoms with van der Waals surface area (Å²) in [4.78, 5) is 25.7. The van der Waals surface area contributed by atoms with Gasteiger partial charge in [-0.15, -0.1) is 0 Å². The van der Waals surface area contributed by atoms with Crippen molar-refractivity contribution in [3.05, 3.63) is 28.8 Å². The van der Waals surface area contributed by atoms with Gasteiger partial charge in [-0.25, -0.2) is 0 Å². The summed E-state index contributed by atoms with van der Waals surface area (Å²) in [6.07, 6.45) is 0. The second-order valence-electron chi connectivity index (χ2n) is 5.64. The summed E-state index contributed by atoms with van der Waals surface area (Å²) < 4.78 is 0. The van der Waals surface area contributed by atoms with Gasteiger partial charge in [0, 0.05) is 22.8 Å². The van der Waals surface area contributed by atoms with E-state index in [2.05, 4.69) is 5.32 Å². The number of benzene rings is 1. The molecule has 5 heteroatoms. The topological polar surface area (TPSA) is 49.4 Å². The van der Waals surface area contributed by atoms with Gasteiger partial charge < -0.3 is 10.2 Å². The molecule has 0 spiro atoms. The van der Waals surface area contributed by atoms with Crippen LogP contribution in [0.4, 0.5) is 5.69 Å². The Hall–Kier alpha value is -1.55. The quantitative estimate of drug-likeness (QED) is 0.852. The van der Waals surface area contributed by atoms with E-state index in [-0.39, 0.29) is 0 Å². The average molecular weight is 297 g/mol. The summed E-state index contributed by atoms with van der Waals surface area (Å²) in [6.45, 7) is 9.88. The second-order valence-corrected chi connectivity index (χ2v) is 6.05. The number of hydrogen-bond acceptors (Lipinski definition) is 2. The first-order chi connectivity index (χ1) is 9.16. The van der Waals surface area contributed by atoms with E-state index < -0.39 is 17.4 Å². The number of rotatable bonds is 2. The molecule has 1 aromatic rings. The van der Waals surface area contributed by atoms with Crippen molar-refractivity contribution in [2.24, 2.45) is 0 Å². The Labute approximate surface area is 125 Å². The fraction of sp³-hybridized carbons (Fsp3) is 0.467. The number of nitrogens with one attached hydrogen (secondary N) is 1. The van der Waals surface area contributed by atoms with Crippen LogP contribution >= 0.6 is 11.6 Å². The van der Waals surface area contributed by atoms with E-state index in [1.165, 1.54) is 4.90 Å². The van der Waals surface area contributed by atoms with Crippen molar-refractivity contribution >= 4 is 29.1 Å². The molecule has 0 fully saturated rings. The molecule has 0 aliphatic rings. The molecule has 20 heavy (non-hydrogen) atoms. The van der Waals surface area contributed by atoms with Gasteiger partial charge in [-0.2, -0.15) is 0 Å². The number of anilines is 1. The highest BCUT2D eigenvalue weighted by molar-refractivity contribution is 6.40. The molecule has 0 bridgehead atoms. The first kappa shape index (κ1) is 16.5. The average Bonchev–Trinajstić information content (AvgIpc) is 2.32. The molecule has 1 N–H and O–H groups in total. The number of carbonyl (C=O) groups is 2. The molecule has 0 saturated heterocycles. The normalized spacial score (nSPS) is 11.1. The Morgan fingerprint density at radius 1 is 1.30 bits per heavy atom. The number of nitrogens with zero attached hydrogens (tertiary/aromatic N) is 1. The predicted molar refractivity (Wildman–Crippen MR) is 82.0 cm³/mol. The Balaban J connectivity index is 2.85. The first-order valence-corrected chi connectivity index (χ1v) is 6.93. The zero-order valence-electron chi connectivity index (χ0n) is 12.6. The summed E-state index contributed by atoms with van der Waals surface area (Å²) in [6, 6.07) is 5.15. The minimum atomic E-state index is -0.651. The first-order valence-electron chi connectivity index (χ1n) is 6.56. The lowest BCUT2D eigenvalue weighted by Gasteiger charge is -2.34. The van der Waals surface area contributed by atoms with Gasteiger partial charge in [-0.05, 0) is 52.3 Å². The molecule has 0 unspecified atom stereocenters. The van der Waals surface area contributed by atoms with Gasteiger partial charge in [-0.1, -0.05) is 17.7 Å². The third kappa shape index (κ3) is 3.97. The monoisotopic (exact) mass is 296 g/mol. The highest BCUT2D eigenvalue weighted by Crippen LogP contribution is 2.20. The highest BCUT2D eigenvalue weighted by Gasteiger charge is 2.29. The third-order valence-electron chi connectivity index (χ3n) is 3.00. The number of amides is 2. The van der Waals surface area contributed by atoms with Crippen LogP contribution in [0.15, 0.2) is 18.2 Å². The maximum atomic E-state index is 12.2. The van der Waals surface area contributed by atoms with Gasteiger partial charge >= 0.3 is 11.8 Å². The van der Waals surface area contributed by atoms with Gasteiger partial charge in [0.05, 0.1) is 0 Å². The molecule has 1 rings (SSSR count). The van der Waals surface area contributed by atoms with Gasteiger partial charge in [0.2, 0.25) is 0 Å². The predicted octanol–water partition coefficient (Wildman–Crippen LogP) is 3.23. The van der Waals surface area contributed by atoms with E-state index in [4.69, 9.17) is 11.6 Å². The molecule has 4 nitrogen and oxygen atoms in total. The largest absolute Gasteiger partial charge is 0.330 e. The summed E-state index contributed by atoms with van der Waals surface area (Å²) in [5.74, 6) is -1.20. The van der Waals surface area contributed by atoms with E-state index >= 15 is 0 Å². The van der Waals surface area contributed by atoms with E-state index in [1.54, 1.807) is 18.2 Å². The lowest BCUT2D eigenvalue weighted by molar-refractivity contribution is -0.146. The molecule has 0 heterocycles. The lowest BCUT2D eigenvalue weighted by Crippen LogP contribution is -2.49. The maximum absolute atomic E-state index is 12.2. The van der Waals surface area contributed by atoms with Crippen LogP contribution in [-0.4, -0.2) is 28.8 Å². The van der Waals surface area contributed by atoms with Crippen LogP contribution in [0.25, 0.3) is 0 Å². The van der Waals surface area contributed by atoms with Crippen molar-refractivity contribution in [3.63, 3.8) is 0 Å². The van der Waals surface area contributed by atoms with E-state index in [0.717, 1.165) is 5.56 Å². The fourth-order valence-corrected chi connectivity index (χ4v) is 2.08. The molecular weight excluding hydrogens is 276 g/mol. The van der Waals surface area contributed by atoms with Crippen LogP contribution in [0.3, 0.4) is 0 Å². The van der Waals surface area contributed by atoms with Gasteiger partial charge in [0.1, 0.15) is 0 Å². The number of hydrogen-bond donors (Lipinski definition) is 1. The molecule has 0 saturated carbocycles. The van der Waals surface area contributed by atoms with Crippen LogP contribution < -0.4 is 5.32 Å². The van der Waals surface area contributed by atoms with Crippen molar-refractivity contribution < 1.29 is 9.59 Å². The maximum Gasteiger partial charge on any atom is 0.313 e. The van der Waals surface area contributed by atoms with Gasteiger partial charge in [-0.3, -0.25) is 9.59 Å². The SMILES string of the molecule is CCN(C(=O)C(=O)Nc1ccc(C)c(Cl)c1)C(C)(C)C. The van der Waals surface area contributed by atoms with Crippen LogP contribution in [0.1, 0.15) is 33.3 Å². The van der Waals surface area contributed by atoms with Crippen molar-refractivity contribution in [2.75, 3.05) is 11.9 Å². The summed E-state index contributed by atoms with van der Waals surface area (Å²) in [5.41, 5.74) is 1.04. The van der Waals surface area contributed by atoms with Crippen LogP contribution in [0.5, 0.6) is 0 Å². The van der Waals surface area contributed by atoms with Crippen LogP contribution in [0.2, 0.25) is 5.02 Å². The fourth-order valence-electron chi connectivity index (χ4n) is 1.90. The van der Waals surface area contributed by atoms with Gasteiger partial charge in [0.15, 0.2) is 0 Å². The lowest BCUT2D eigenvalue weighted by atomic mass is 10.1.